The summed E-state index contributed by atoms with van der Waals surface area (Å²) >= 11 is 0. The molecule has 2 N–H and O–H groups in total. The molecule has 122 valence electrons. The fourth-order valence-corrected chi connectivity index (χ4v) is 2.29. The minimum atomic E-state index is -0.387. The van der Waals surface area contributed by atoms with Gasteiger partial charge in [0.1, 0.15) is 11.6 Å². The molecule has 0 saturated carbocycles. The fraction of sp³-hybridized carbons (Fsp3) is 0.200. The molecule has 0 aliphatic carbocycles. The van der Waals surface area contributed by atoms with E-state index in [2.05, 4.69) is 10.6 Å². The van der Waals surface area contributed by atoms with Crippen molar-refractivity contribution in [2.75, 3.05) is 0 Å². The maximum Gasteiger partial charge on any atom is 0.263 e. The highest BCUT2D eigenvalue weighted by molar-refractivity contribution is 5.97. The first-order valence-electron chi connectivity index (χ1n) is 7.89. The van der Waals surface area contributed by atoms with Gasteiger partial charge in [0.25, 0.3) is 5.91 Å². The highest BCUT2D eigenvalue weighted by atomic mass is 16.1. The van der Waals surface area contributed by atoms with Crippen LogP contribution in [-0.4, -0.2) is 5.91 Å². The summed E-state index contributed by atoms with van der Waals surface area (Å²) in [5, 5.41) is 15.2. The number of amides is 1. The third kappa shape index (κ3) is 4.72. The zero-order valence-corrected chi connectivity index (χ0v) is 13.9. The zero-order valence-electron chi connectivity index (χ0n) is 13.9. The molecule has 1 amide bonds. The molecule has 0 aromatic heterocycles. The highest BCUT2D eigenvalue weighted by Crippen LogP contribution is 2.13. The highest BCUT2D eigenvalue weighted by Gasteiger charge is 2.14. The van der Waals surface area contributed by atoms with Gasteiger partial charge < -0.3 is 10.6 Å². The topological polar surface area (TPSA) is 64.9 Å². The number of nitriles is 1. The lowest BCUT2D eigenvalue weighted by Crippen LogP contribution is -2.28. The summed E-state index contributed by atoms with van der Waals surface area (Å²) in [5.41, 5.74) is 2.14. The lowest BCUT2D eigenvalue weighted by atomic mass is 10.1. The minimum absolute atomic E-state index is 0.00824. The average molecular weight is 319 g/mol. The molecule has 0 bridgehead atoms. The van der Waals surface area contributed by atoms with Gasteiger partial charge in [-0.15, -0.1) is 0 Å². The van der Waals surface area contributed by atoms with Crippen LogP contribution in [0.25, 0.3) is 0 Å². The van der Waals surface area contributed by atoms with E-state index in [9.17, 15) is 10.1 Å². The maximum atomic E-state index is 12.3. The summed E-state index contributed by atoms with van der Waals surface area (Å²) in [7, 11) is 0. The maximum absolute atomic E-state index is 12.3. The number of rotatable bonds is 6. The van der Waals surface area contributed by atoms with Gasteiger partial charge in [0.2, 0.25) is 0 Å². The second-order valence-electron chi connectivity index (χ2n) is 5.57. The molecule has 0 radical (unpaired) electrons. The van der Waals surface area contributed by atoms with Crippen LogP contribution in [0.3, 0.4) is 0 Å². The van der Waals surface area contributed by atoms with E-state index in [1.54, 1.807) is 0 Å². The first-order chi connectivity index (χ1) is 11.6. The van der Waals surface area contributed by atoms with Gasteiger partial charge in [-0.2, -0.15) is 5.26 Å². The molecule has 4 heteroatoms. The Bertz CT molecular complexity index is 732. The van der Waals surface area contributed by atoms with Crippen LogP contribution >= 0.6 is 0 Å². The van der Waals surface area contributed by atoms with Gasteiger partial charge in [-0.25, -0.2) is 0 Å². The number of benzene rings is 2. The molecular weight excluding hydrogens is 298 g/mol. The Labute approximate surface area is 142 Å². The van der Waals surface area contributed by atoms with Gasteiger partial charge in [-0.05, 0) is 25.0 Å². The first kappa shape index (κ1) is 17.3. The predicted molar refractivity (Wildman–Crippen MR) is 94.7 cm³/mol. The second kappa shape index (κ2) is 8.54. The van der Waals surface area contributed by atoms with E-state index >= 15 is 0 Å². The smallest absolute Gasteiger partial charge is 0.263 e. The first-order valence-corrected chi connectivity index (χ1v) is 7.89. The van der Waals surface area contributed by atoms with E-state index in [0.29, 0.717) is 0 Å². The van der Waals surface area contributed by atoms with Crippen molar-refractivity contribution < 1.29 is 4.79 Å². The summed E-state index contributed by atoms with van der Waals surface area (Å²) in [6.45, 7) is 3.87. The van der Waals surface area contributed by atoms with E-state index in [1.165, 1.54) is 6.20 Å². The molecule has 0 aliphatic rings. The third-order valence-electron chi connectivity index (χ3n) is 3.79. The lowest BCUT2D eigenvalue weighted by molar-refractivity contribution is -0.117. The van der Waals surface area contributed by atoms with Gasteiger partial charge in [0.05, 0.1) is 6.04 Å². The summed E-state index contributed by atoms with van der Waals surface area (Å²) < 4.78 is 0. The molecule has 4 nitrogen and oxygen atoms in total. The van der Waals surface area contributed by atoms with Crippen LogP contribution in [0.1, 0.15) is 37.1 Å². The quantitative estimate of drug-likeness (QED) is 0.631. The normalized spacial score (nSPS) is 13.5. The van der Waals surface area contributed by atoms with E-state index in [-0.39, 0.29) is 23.6 Å². The van der Waals surface area contributed by atoms with Crippen LogP contribution in [-0.2, 0) is 4.79 Å². The van der Waals surface area contributed by atoms with Crippen molar-refractivity contribution in [3.05, 3.63) is 83.6 Å². The number of hydrogen-bond donors (Lipinski definition) is 2. The molecular formula is C20H21N3O. The van der Waals surface area contributed by atoms with Crippen molar-refractivity contribution >= 4 is 5.91 Å². The van der Waals surface area contributed by atoms with Gasteiger partial charge in [-0.3, -0.25) is 4.79 Å². The van der Waals surface area contributed by atoms with E-state index in [1.807, 2.05) is 80.6 Å². The zero-order chi connectivity index (χ0) is 17.4. The van der Waals surface area contributed by atoms with E-state index in [0.717, 1.165) is 11.1 Å². The molecule has 2 rings (SSSR count). The van der Waals surface area contributed by atoms with Crippen LogP contribution < -0.4 is 10.6 Å². The molecule has 2 aromatic carbocycles. The number of carbonyl (C=O) groups excluding carboxylic acids is 1. The second-order valence-corrected chi connectivity index (χ2v) is 5.57. The van der Waals surface area contributed by atoms with E-state index < -0.39 is 0 Å². The standard InChI is InChI=1S/C20H21N3O/c1-15(17-9-5-3-6-10-17)22-14-19(13-21)20(24)23-16(2)18-11-7-4-8-12-18/h3-12,14-16,22H,1-2H3,(H,23,24)/b19-14-. The van der Waals surface area contributed by atoms with Crippen molar-refractivity contribution in [2.45, 2.75) is 25.9 Å². The van der Waals surface area contributed by atoms with Crippen molar-refractivity contribution in [3.8, 4) is 6.07 Å². The Kier molecular flexibility index (Phi) is 6.16. The summed E-state index contributed by atoms with van der Waals surface area (Å²) in [6.07, 6.45) is 1.48. The molecule has 2 atom stereocenters. The molecule has 0 spiro atoms. The Balaban J connectivity index is 1.99. The van der Waals surface area contributed by atoms with Gasteiger partial charge in [-0.1, -0.05) is 60.7 Å². The van der Waals surface area contributed by atoms with Crippen LogP contribution in [0.15, 0.2) is 72.4 Å². The molecule has 0 heterocycles. The number of nitrogens with zero attached hydrogens (tertiary/aromatic N) is 1. The lowest BCUT2D eigenvalue weighted by Gasteiger charge is -2.15. The van der Waals surface area contributed by atoms with Crippen LogP contribution in [0.2, 0.25) is 0 Å². The Hall–Kier alpha value is -3.06. The molecule has 2 aromatic rings. The SMILES string of the molecule is CC(N/C=C(/C#N)C(=O)NC(C)c1ccccc1)c1ccccc1. The van der Waals surface area contributed by atoms with Crippen LogP contribution in [0, 0.1) is 11.3 Å². The van der Waals surface area contributed by atoms with Gasteiger partial charge in [0, 0.05) is 12.2 Å². The minimum Gasteiger partial charge on any atom is -0.383 e. The predicted octanol–water partition coefficient (Wildman–Crippen LogP) is 3.62. The largest absolute Gasteiger partial charge is 0.383 e. The van der Waals surface area contributed by atoms with E-state index in [4.69, 9.17) is 0 Å². The summed E-state index contributed by atoms with van der Waals surface area (Å²) in [6, 6.07) is 21.3. The van der Waals surface area contributed by atoms with Crippen molar-refractivity contribution in [2.24, 2.45) is 0 Å². The summed E-state index contributed by atoms with van der Waals surface area (Å²) in [5.74, 6) is -0.387. The molecule has 0 saturated heterocycles. The molecule has 0 aliphatic heterocycles. The molecule has 2 unspecified atom stereocenters. The number of hydrogen-bond acceptors (Lipinski definition) is 3. The number of carbonyl (C=O) groups is 1. The van der Waals surface area contributed by atoms with Gasteiger partial charge >= 0.3 is 0 Å². The van der Waals surface area contributed by atoms with Gasteiger partial charge in [0.15, 0.2) is 0 Å². The molecule has 0 fully saturated rings. The Morgan fingerprint density at radius 2 is 1.46 bits per heavy atom. The van der Waals surface area contributed by atoms with Crippen LogP contribution in [0.4, 0.5) is 0 Å². The Morgan fingerprint density at radius 1 is 0.958 bits per heavy atom. The fourth-order valence-electron chi connectivity index (χ4n) is 2.29. The van der Waals surface area contributed by atoms with Crippen molar-refractivity contribution in [1.82, 2.24) is 10.6 Å². The summed E-state index contributed by atoms with van der Waals surface area (Å²) in [4.78, 5) is 12.3. The molecule has 24 heavy (non-hydrogen) atoms. The van der Waals surface area contributed by atoms with Crippen molar-refractivity contribution in [1.29, 1.82) is 5.26 Å². The monoisotopic (exact) mass is 319 g/mol. The third-order valence-corrected chi connectivity index (χ3v) is 3.79. The Morgan fingerprint density at radius 3 is 1.96 bits per heavy atom. The number of nitrogens with one attached hydrogen (secondary N) is 2. The van der Waals surface area contributed by atoms with Crippen molar-refractivity contribution in [3.63, 3.8) is 0 Å². The average Bonchev–Trinajstić information content (AvgIpc) is 2.63. The van der Waals surface area contributed by atoms with Crippen LogP contribution in [0.5, 0.6) is 0 Å².